The lowest BCUT2D eigenvalue weighted by atomic mass is 10.0. The lowest BCUT2D eigenvalue weighted by molar-refractivity contribution is 0.154. The number of allylic oxidation sites excluding steroid dienone is 2. The highest BCUT2D eigenvalue weighted by atomic mass is 32.2. The van der Waals surface area contributed by atoms with Gasteiger partial charge in [0, 0.05) is 11.3 Å². The number of aliphatic hydroxyl groups is 2. The van der Waals surface area contributed by atoms with Crippen LogP contribution in [0.1, 0.15) is 17.7 Å². The van der Waals surface area contributed by atoms with E-state index < -0.39 is 28.3 Å². The lowest BCUT2D eigenvalue weighted by Crippen LogP contribution is -2.13. The maximum atomic E-state index is 12.7. The molecular weight excluding hydrogens is 406 g/mol. The van der Waals surface area contributed by atoms with Crippen LogP contribution in [0.15, 0.2) is 74.5 Å². The predicted molar refractivity (Wildman–Crippen MR) is 115 cm³/mol. The Kier molecular flexibility index (Phi) is 5.19. The first-order chi connectivity index (χ1) is 14.3. The zero-order chi connectivity index (χ0) is 21.4. The van der Waals surface area contributed by atoms with Crippen LogP contribution >= 0.6 is 0 Å². The molecule has 4 N–H and O–H groups in total. The van der Waals surface area contributed by atoms with Crippen LogP contribution in [0.25, 0.3) is 16.5 Å². The van der Waals surface area contributed by atoms with Gasteiger partial charge < -0.3 is 24.5 Å². The van der Waals surface area contributed by atoms with Gasteiger partial charge in [0.15, 0.2) is 5.76 Å². The Morgan fingerprint density at radius 2 is 1.97 bits per heavy atom. The van der Waals surface area contributed by atoms with Gasteiger partial charge in [-0.1, -0.05) is 18.2 Å². The Morgan fingerprint density at radius 3 is 2.70 bits per heavy atom. The number of hydrogen-bond acceptors (Lipinski definition) is 6. The Balaban J connectivity index is 1.70. The maximum absolute atomic E-state index is 12.7. The van der Waals surface area contributed by atoms with E-state index in [0.29, 0.717) is 16.2 Å². The van der Waals surface area contributed by atoms with Gasteiger partial charge in [-0.2, -0.15) is 0 Å². The summed E-state index contributed by atoms with van der Waals surface area (Å²) in [5.41, 5.74) is 1.27. The molecule has 30 heavy (non-hydrogen) atoms. The van der Waals surface area contributed by atoms with Crippen molar-refractivity contribution < 1.29 is 23.9 Å². The van der Waals surface area contributed by atoms with E-state index >= 15 is 0 Å². The molecule has 7 nitrogen and oxygen atoms in total. The Labute approximate surface area is 174 Å². The molecule has 1 aliphatic carbocycles. The highest BCUT2D eigenvalue weighted by Crippen LogP contribution is 2.32. The van der Waals surface area contributed by atoms with Crippen molar-refractivity contribution in [2.75, 3.05) is 4.72 Å². The maximum Gasteiger partial charge on any atom is 0.235 e. The SMILES string of the molecule is Cc1cccc(S(=O)Nc2ccc3oc(C4=CCC(O)C(O)=C4)c(O)c(=O)c3c2)c1. The number of rotatable bonds is 4. The molecule has 8 heteroatoms. The van der Waals surface area contributed by atoms with Crippen molar-refractivity contribution in [3.8, 4) is 5.75 Å². The molecule has 1 aromatic heterocycles. The third-order valence-corrected chi connectivity index (χ3v) is 5.85. The number of aryl methyl sites for hydroxylation is 1. The Bertz CT molecular complexity index is 1290. The van der Waals surface area contributed by atoms with E-state index in [1.54, 1.807) is 24.3 Å². The number of anilines is 1. The fourth-order valence-corrected chi connectivity index (χ4v) is 4.13. The van der Waals surface area contributed by atoms with E-state index in [0.717, 1.165) is 5.56 Å². The first-order valence-electron chi connectivity index (χ1n) is 9.17. The number of fused-ring (bicyclic) bond motifs is 1. The van der Waals surface area contributed by atoms with Crippen molar-refractivity contribution in [3.05, 3.63) is 81.9 Å². The smallest absolute Gasteiger partial charge is 0.235 e. The fraction of sp³-hybridized carbons (Fsp3) is 0.136. The summed E-state index contributed by atoms with van der Waals surface area (Å²) in [6.45, 7) is 1.90. The number of aliphatic hydroxyl groups excluding tert-OH is 2. The third-order valence-electron chi connectivity index (χ3n) is 4.75. The van der Waals surface area contributed by atoms with Crippen molar-refractivity contribution in [1.29, 1.82) is 0 Å². The van der Waals surface area contributed by atoms with Crippen molar-refractivity contribution in [1.82, 2.24) is 0 Å². The minimum absolute atomic E-state index is 0.0880. The van der Waals surface area contributed by atoms with Crippen molar-refractivity contribution in [3.63, 3.8) is 0 Å². The van der Waals surface area contributed by atoms with Gasteiger partial charge in [0.25, 0.3) is 0 Å². The highest BCUT2D eigenvalue weighted by molar-refractivity contribution is 7.86. The molecule has 0 amide bonds. The predicted octanol–water partition coefficient (Wildman–Crippen LogP) is 3.53. The summed E-state index contributed by atoms with van der Waals surface area (Å²) in [6, 6.07) is 11.9. The largest absolute Gasteiger partial charge is 0.510 e. The van der Waals surface area contributed by atoms with Crippen LogP contribution in [0, 0.1) is 6.92 Å². The molecule has 1 aliphatic rings. The van der Waals surface area contributed by atoms with E-state index in [9.17, 15) is 24.3 Å². The zero-order valence-corrected chi connectivity index (χ0v) is 16.8. The summed E-state index contributed by atoms with van der Waals surface area (Å²) < 4.78 is 21.1. The normalized spacial score (nSPS) is 17.3. The summed E-state index contributed by atoms with van der Waals surface area (Å²) >= 11 is 0. The lowest BCUT2D eigenvalue weighted by Gasteiger charge is -2.15. The molecule has 0 saturated heterocycles. The van der Waals surface area contributed by atoms with Gasteiger partial charge in [0.2, 0.25) is 11.2 Å². The van der Waals surface area contributed by atoms with Crippen molar-refractivity contribution in [2.24, 2.45) is 0 Å². The van der Waals surface area contributed by atoms with Crippen LogP contribution in [-0.4, -0.2) is 25.6 Å². The molecule has 0 saturated carbocycles. The molecule has 2 unspecified atom stereocenters. The third kappa shape index (κ3) is 3.74. The molecule has 0 radical (unpaired) electrons. The molecule has 3 aromatic rings. The first kappa shape index (κ1) is 19.9. The van der Waals surface area contributed by atoms with Crippen LogP contribution in [0.5, 0.6) is 5.75 Å². The van der Waals surface area contributed by atoms with Gasteiger partial charge in [0.05, 0.1) is 10.3 Å². The molecule has 4 rings (SSSR count). The summed E-state index contributed by atoms with van der Waals surface area (Å²) in [7, 11) is -1.53. The standard InChI is InChI=1S/C22H19NO6S/c1-12-3-2-4-15(9-12)30(28)23-14-6-8-19-16(11-14)20(26)21(27)22(29-19)13-5-7-17(24)18(25)10-13/h2-6,8-11,17,23-25,27H,7H2,1H3. The minimum atomic E-state index is -1.53. The van der Waals surface area contributed by atoms with Crippen LogP contribution in [0.4, 0.5) is 5.69 Å². The second-order valence-electron chi connectivity index (χ2n) is 6.99. The summed E-state index contributed by atoms with van der Waals surface area (Å²) in [4.78, 5) is 13.3. The van der Waals surface area contributed by atoms with Crippen molar-refractivity contribution in [2.45, 2.75) is 24.3 Å². The molecule has 2 atom stereocenters. The minimum Gasteiger partial charge on any atom is -0.510 e. The monoisotopic (exact) mass is 425 g/mol. The molecule has 0 spiro atoms. The second-order valence-corrected chi connectivity index (χ2v) is 8.20. The summed E-state index contributed by atoms with van der Waals surface area (Å²) in [6.07, 6.45) is 1.92. The van der Waals surface area contributed by atoms with Gasteiger partial charge in [-0.15, -0.1) is 0 Å². The molecule has 154 valence electrons. The van der Waals surface area contributed by atoms with Crippen LogP contribution < -0.4 is 10.2 Å². The van der Waals surface area contributed by atoms with E-state index in [2.05, 4.69) is 4.72 Å². The molecule has 0 bridgehead atoms. The quantitative estimate of drug-likeness (QED) is 0.508. The summed E-state index contributed by atoms with van der Waals surface area (Å²) in [5.74, 6) is -0.964. The highest BCUT2D eigenvalue weighted by Gasteiger charge is 2.21. The molecule has 0 aliphatic heterocycles. The van der Waals surface area contributed by atoms with Gasteiger partial charge in [-0.3, -0.25) is 4.79 Å². The van der Waals surface area contributed by atoms with Crippen LogP contribution in [0.3, 0.4) is 0 Å². The topological polar surface area (TPSA) is 120 Å². The summed E-state index contributed by atoms with van der Waals surface area (Å²) in [5, 5.41) is 29.8. The molecule has 0 fully saturated rings. The number of aromatic hydroxyl groups is 1. The van der Waals surface area contributed by atoms with Gasteiger partial charge in [0.1, 0.15) is 28.4 Å². The van der Waals surface area contributed by atoms with Gasteiger partial charge in [-0.05, 0) is 55.3 Å². The van der Waals surface area contributed by atoms with Gasteiger partial charge in [-0.25, -0.2) is 4.21 Å². The molecule has 1 heterocycles. The first-order valence-corrected chi connectivity index (χ1v) is 10.3. The number of hydrogen-bond donors (Lipinski definition) is 4. The average Bonchev–Trinajstić information content (AvgIpc) is 2.73. The van der Waals surface area contributed by atoms with Crippen molar-refractivity contribution >= 4 is 33.2 Å². The zero-order valence-electron chi connectivity index (χ0n) is 16.0. The van der Waals surface area contributed by atoms with E-state index in [1.807, 2.05) is 19.1 Å². The molecule has 2 aromatic carbocycles. The number of benzene rings is 2. The van der Waals surface area contributed by atoms with Crippen LogP contribution in [0.2, 0.25) is 0 Å². The van der Waals surface area contributed by atoms with E-state index in [4.69, 9.17) is 4.42 Å². The Morgan fingerprint density at radius 1 is 1.17 bits per heavy atom. The van der Waals surface area contributed by atoms with E-state index in [-0.39, 0.29) is 28.9 Å². The van der Waals surface area contributed by atoms with E-state index in [1.165, 1.54) is 18.2 Å². The molecular formula is C22H19NO6S. The Hall–Kier alpha value is -3.36. The second kappa shape index (κ2) is 7.81. The fourth-order valence-electron chi connectivity index (χ4n) is 3.17. The van der Waals surface area contributed by atoms with Gasteiger partial charge >= 0.3 is 0 Å². The average molecular weight is 425 g/mol. The number of nitrogens with one attached hydrogen (secondary N) is 1. The van der Waals surface area contributed by atoms with Crippen LogP contribution in [-0.2, 0) is 11.0 Å².